The van der Waals surface area contributed by atoms with Crippen molar-refractivity contribution >= 4 is 22.8 Å². The number of hydrogen-bond acceptors (Lipinski definition) is 3. The van der Waals surface area contributed by atoms with Gasteiger partial charge in [-0.1, -0.05) is 27.7 Å². The third kappa shape index (κ3) is 3.99. The quantitative estimate of drug-likeness (QED) is 0.877. The summed E-state index contributed by atoms with van der Waals surface area (Å²) in [5, 5.41) is 0. The number of aromatic amines is 1. The Labute approximate surface area is 160 Å². The van der Waals surface area contributed by atoms with Crippen molar-refractivity contribution < 1.29 is 9.59 Å². The molecule has 6 nitrogen and oxygen atoms in total. The molecule has 0 radical (unpaired) electrons. The molecule has 0 saturated carbocycles. The van der Waals surface area contributed by atoms with Gasteiger partial charge in [-0.25, -0.2) is 4.98 Å². The molecule has 2 heterocycles. The molecule has 1 fully saturated rings. The van der Waals surface area contributed by atoms with Crippen LogP contribution in [0.4, 0.5) is 0 Å². The molecule has 1 aliphatic heterocycles. The Hall–Kier alpha value is -2.37. The van der Waals surface area contributed by atoms with Crippen LogP contribution in [0.15, 0.2) is 18.2 Å². The molecule has 2 aromatic rings. The van der Waals surface area contributed by atoms with E-state index in [1.54, 1.807) is 0 Å². The van der Waals surface area contributed by atoms with Gasteiger partial charge in [-0.3, -0.25) is 9.59 Å². The lowest BCUT2D eigenvalue weighted by Crippen LogP contribution is -2.51. The number of piperazine rings is 1. The van der Waals surface area contributed by atoms with E-state index in [2.05, 4.69) is 37.7 Å². The zero-order chi connectivity index (χ0) is 19.6. The molecule has 1 aromatic carbocycles. The highest BCUT2D eigenvalue weighted by Crippen LogP contribution is 2.20. The minimum absolute atomic E-state index is 0.0206. The van der Waals surface area contributed by atoms with Gasteiger partial charge in [0.2, 0.25) is 5.91 Å². The molecule has 0 aliphatic carbocycles. The van der Waals surface area contributed by atoms with E-state index in [1.807, 2.05) is 28.0 Å². The number of fused-ring (bicyclic) bond motifs is 1. The molecule has 2 amide bonds. The van der Waals surface area contributed by atoms with E-state index in [9.17, 15) is 9.59 Å². The van der Waals surface area contributed by atoms with Crippen molar-refractivity contribution in [2.75, 3.05) is 26.2 Å². The maximum Gasteiger partial charge on any atom is 0.254 e. The highest BCUT2D eigenvalue weighted by Gasteiger charge is 2.27. The Morgan fingerprint density at radius 3 is 2.30 bits per heavy atom. The maximum atomic E-state index is 12.9. The number of aromatic nitrogens is 2. The van der Waals surface area contributed by atoms with Gasteiger partial charge in [0.05, 0.1) is 11.0 Å². The second-order valence-corrected chi connectivity index (χ2v) is 7.64. The van der Waals surface area contributed by atoms with Crippen LogP contribution in [0.2, 0.25) is 0 Å². The van der Waals surface area contributed by atoms with Gasteiger partial charge >= 0.3 is 0 Å². The van der Waals surface area contributed by atoms with Crippen molar-refractivity contribution in [2.24, 2.45) is 5.92 Å². The van der Waals surface area contributed by atoms with E-state index in [0.717, 1.165) is 29.7 Å². The fourth-order valence-corrected chi connectivity index (χ4v) is 3.64. The van der Waals surface area contributed by atoms with Crippen molar-refractivity contribution in [1.82, 2.24) is 19.8 Å². The average Bonchev–Trinajstić information content (AvgIpc) is 3.12. The first-order chi connectivity index (χ1) is 12.9. The summed E-state index contributed by atoms with van der Waals surface area (Å²) in [6.45, 7) is 10.7. The third-order valence-corrected chi connectivity index (χ3v) is 5.51. The van der Waals surface area contributed by atoms with Gasteiger partial charge in [0.25, 0.3) is 5.91 Å². The van der Waals surface area contributed by atoms with Crippen LogP contribution in [0.25, 0.3) is 11.0 Å². The molecule has 1 aromatic heterocycles. The van der Waals surface area contributed by atoms with Gasteiger partial charge in [-0.15, -0.1) is 0 Å². The van der Waals surface area contributed by atoms with Crippen molar-refractivity contribution in [1.29, 1.82) is 0 Å². The first-order valence-electron chi connectivity index (χ1n) is 10.0. The molecule has 0 unspecified atom stereocenters. The lowest BCUT2D eigenvalue weighted by Gasteiger charge is -2.36. The highest BCUT2D eigenvalue weighted by atomic mass is 16.2. The fraction of sp³-hybridized carbons (Fsp3) is 0.571. The Morgan fingerprint density at radius 1 is 1.07 bits per heavy atom. The van der Waals surface area contributed by atoms with Gasteiger partial charge in [0.1, 0.15) is 5.82 Å². The standard InChI is InChI=1S/C21H30N4O2/c1-5-15(6-2)20(26)24-9-11-25(12-10-24)21(27)16-7-8-17-18(13-16)23-19(22-17)14(3)4/h7-8,13-15H,5-6,9-12H2,1-4H3,(H,22,23). The summed E-state index contributed by atoms with van der Waals surface area (Å²) in [6.07, 6.45) is 1.74. The minimum atomic E-state index is 0.0206. The topological polar surface area (TPSA) is 69.3 Å². The zero-order valence-electron chi connectivity index (χ0n) is 16.8. The van der Waals surface area contributed by atoms with Gasteiger partial charge < -0.3 is 14.8 Å². The van der Waals surface area contributed by atoms with E-state index >= 15 is 0 Å². The van der Waals surface area contributed by atoms with Gasteiger partial charge in [0, 0.05) is 43.6 Å². The minimum Gasteiger partial charge on any atom is -0.342 e. The average molecular weight is 370 g/mol. The molecule has 1 aliphatic rings. The number of hydrogen-bond donors (Lipinski definition) is 1. The highest BCUT2D eigenvalue weighted by molar-refractivity contribution is 5.97. The second kappa shape index (κ2) is 8.11. The smallest absolute Gasteiger partial charge is 0.254 e. The molecular formula is C21H30N4O2. The number of amides is 2. The largest absolute Gasteiger partial charge is 0.342 e. The molecule has 0 bridgehead atoms. The summed E-state index contributed by atoms with van der Waals surface area (Å²) in [7, 11) is 0. The third-order valence-electron chi connectivity index (χ3n) is 5.51. The molecular weight excluding hydrogens is 340 g/mol. The predicted molar refractivity (Wildman–Crippen MR) is 107 cm³/mol. The van der Waals surface area contributed by atoms with Crippen LogP contribution in [-0.4, -0.2) is 57.8 Å². The van der Waals surface area contributed by atoms with Crippen molar-refractivity contribution in [3.8, 4) is 0 Å². The van der Waals surface area contributed by atoms with Gasteiger partial charge in [0.15, 0.2) is 0 Å². The van der Waals surface area contributed by atoms with Gasteiger partial charge in [-0.05, 0) is 31.0 Å². The molecule has 0 atom stereocenters. The van der Waals surface area contributed by atoms with Crippen LogP contribution in [0, 0.1) is 5.92 Å². The van der Waals surface area contributed by atoms with Crippen LogP contribution in [0.3, 0.4) is 0 Å². The van der Waals surface area contributed by atoms with E-state index in [0.29, 0.717) is 37.7 Å². The number of carbonyl (C=O) groups excluding carboxylic acids is 2. The first kappa shape index (κ1) is 19.4. The number of carbonyl (C=O) groups is 2. The van der Waals surface area contributed by atoms with Crippen molar-refractivity contribution in [2.45, 2.75) is 46.5 Å². The summed E-state index contributed by atoms with van der Waals surface area (Å²) in [5.74, 6) is 1.60. The monoisotopic (exact) mass is 370 g/mol. The molecule has 6 heteroatoms. The Morgan fingerprint density at radius 2 is 1.70 bits per heavy atom. The normalized spacial score (nSPS) is 15.2. The molecule has 3 rings (SSSR count). The summed E-state index contributed by atoms with van der Waals surface area (Å²) in [6, 6.07) is 5.63. The number of rotatable bonds is 5. The lowest BCUT2D eigenvalue weighted by molar-refractivity contribution is -0.137. The molecule has 146 valence electrons. The van der Waals surface area contributed by atoms with Crippen LogP contribution >= 0.6 is 0 Å². The molecule has 27 heavy (non-hydrogen) atoms. The predicted octanol–water partition coefficient (Wildman–Crippen LogP) is 3.41. The molecule has 0 spiro atoms. The fourth-order valence-electron chi connectivity index (χ4n) is 3.64. The second-order valence-electron chi connectivity index (χ2n) is 7.64. The van der Waals surface area contributed by atoms with E-state index in [1.165, 1.54) is 0 Å². The Kier molecular flexibility index (Phi) is 5.82. The summed E-state index contributed by atoms with van der Waals surface area (Å²) >= 11 is 0. The van der Waals surface area contributed by atoms with Crippen molar-refractivity contribution in [3.05, 3.63) is 29.6 Å². The van der Waals surface area contributed by atoms with Crippen LogP contribution < -0.4 is 0 Å². The van der Waals surface area contributed by atoms with Crippen LogP contribution in [0.1, 0.15) is 62.6 Å². The zero-order valence-corrected chi connectivity index (χ0v) is 16.8. The first-order valence-corrected chi connectivity index (χ1v) is 10.0. The molecule has 1 N–H and O–H groups in total. The van der Waals surface area contributed by atoms with E-state index in [4.69, 9.17) is 0 Å². The number of imidazole rings is 1. The number of H-pyrrole nitrogens is 1. The summed E-state index contributed by atoms with van der Waals surface area (Å²) in [5.41, 5.74) is 2.45. The van der Waals surface area contributed by atoms with Gasteiger partial charge in [-0.2, -0.15) is 0 Å². The lowest BCUT2D eigenvalue weighted by atomic mass is 10.0. The Balaban J connectivity index is 1.67. The van der Waals surface area contributed by atoms with Crippen LogP contribution in [0.5, 0.6) is 0 Å². The van der Waals surface area contributed by atoms with Crippen LogP contribution in [-0.2, 0) is 4.79 Å². The number of benzene rings is 1. The summed E-state index contributed by atoms with van der Waals surface area (Å²) < 4.78 is 0. The van der Waals surface area contributed by atoms with E-state index < -0.39 is 0 Å². The SMILES string of the molecule is CCC(CC)C(=O)N1CCN(C(=O)c2ccc3nc(C(C)C)[nH]c3c2)CC1. The maximum absolute atomic E-state index is 12.9. The van der Waals surface area contributed by atoms with Crippen molar-refractivity contribution in [3.63, 3.8) is 0 Å². The molecule has 1 saturated heterocycles. The summed E-state index contributed by atoms with van der Waals surface area (Å²) in [4.78, 5) is 37.0. The number of nitrogens with zero attached hydrogens (tertiary/aromatic N) is 3. The van der Waals surface area contributed by atoms with E-state index in [-0.39, 0.29) is 17.7 Å². The number of nitrogens with one attached hydrogen (secondary N) is 1. The Bertz CT molecular complexity index is 815.